The van der Waals surface area contributed by atoms with Gasteiger partial charge in [-0.2, -0.15) is 5.10 Å². The Morgan fingerprint density at radius 1 is 0.706 bits per heavy atom. The number of amides is 2. The Morgan fingerprint density at radius 3 is 1.68 bits per heavy atom. The third-order valence-electron chi connectivity index (χ3n) is 5.23. The van der Waals surface area contributed by atoms with Gasteiger partial charge in [-0.1, -0.05) is 91.0 Å². The molecule has 0 aliphatic rings. The van der Waals surface area contributed by atoms with E-state index >= 15 is 0 Å². The van der Waals surface area contributed by atoms with Crippen molar-refractivity contribution in [1.82, 2.24) is 20.4 Å². The minimum absolute atomic E-state index is 0.0334. The molecular weight excluding hydrogens is 424 g/mol. The van der Waals surface area contributed by atoms with Crippen LogP contribution in [0.15, 0.2) is 109 Å². The predicted octanol–water partition coefficient (Wildman–Crippen LogP) is 3.95. The number of nitrogens with zero attached hydrogens (tertiary/aromatic N) is 2. The van der Waals surface area contributed by atoms with Gasteiger partial charge in [0, 0.05) is 24.8 Å². The van der Waals surface area contributed by atoms with Crippen LogP contribution in [0, 0.1) is 0 Å². The van der Waals surface area contributed by atoms with Gasteiger partial charge in [-0.3, -0.25) is 14.3 Å². The average molecular weight is 451 g/mol. The van der Waals surface area contributed by atoms with Gasteiger partial charge in [-0.25, -0.2) is 0 Å². The molecule has 1 heterocycles. The van der Waals surface area contributed by atoms with Crippen molar-refractivity contribution in [2.45, 2.75) is 19.6 Å². The number of rotatable bonds is 9. The Labute approximate surface area is 198 Å². The first-order valence-electron chi connectivity index (χ1n) is 11.1. The Bertz CT molecular complexity index is 1190. The van der Waals surface area contributed by atoms with Gasteiger partial charge in [0.15, 0.2) is 0 Å². The fourth-order valence-corrected chi connectivity index (χ4v) is 3.46. The van der Waals surface area contributed by atoms with E-state index in [0.717, 1.165) is 16.7 Å². The van der Waals surface area contributed by atoms with Gasteiger partial charge in [-0.15, -0.1) is 0 Å². The second-order valence-corrected chi connectivity index (χ2v) is 7.85. The molecule has 0 atom stereocenters. The van der Waals surface area contributed by atoms with Crippen LogP contribution in [0.5, 0.6) is 0 Å². The highest BCUT2D eigenvalue weighted by atomic mass is 16.2. The molecule has 34 heavy (non-hydrogen) atoms. The highest BCUT2D eigenvalue weighted by Crippen LogP contribution is 2.10. The van der Waals surface area contributed by atoms with E-state index in [1.807, 2.05) is 97.2 Å². The summed E-state index contributed by atoms with van der Waals surface area (Å²) in [5, 5.41) is 10.1. The second-order valence-electron chi connectivity index (χ2n) is 7.85. The minimum atomic E-state index is -0.440. The molecule has 4 rings (SSSR count). The monoisotopic (exact) mass is 450 g/mol. The standard InChI is InChI=1S/C28H26N4O2/c33-27(29-17-22-10-4-1-5-11-22)26(28(34)30-18-23-12-6-2-7-13-23)16-25-19-31-32(21-25)20-24-14-8-3-9-15-24/h1-16,19,21H,17-18,20H2,(H,29,33)(H,30,34). The topological polar surface area (TPSA) is 76.0 Å². The maximum absolute atomic E-state index is 13.0. The van der Waals surface area contributed by atoms with E-state index in [1.165, 1.54) is 0 Å². The molecule has 2 amide bonds. The zero-order chi connectivity index (χ0) is 23.6. The molecule has 6 nitrogen and oxygen atoms in total. The molecule has 6 heteroatoms. The van der Waals surface area contributed by atoms with Gasteiger partial charge in [0.25, 0.3) is 11.8 Å². The largest absolute Gasteiger partial charge is 0.348 e. The lowest BCUT2D eigenvalue weighted by Crippen LogP contribution is -2.34. The summed E-state index contributed by atoms with van der Waals surface area (Å²) in [6.07, 6.45) is 5.05. The number of carbonyl (C=O) groups is 2. The zero-order valence-corrected chi connectivity index (χ0v) is 18.7. The van der Waals surface area contributed by atoms with Crippen molar-refractivity contribution in [2.24, 2.45) is 0 Å². The molecule has 0 aliphatic heterocycles. The third kappa shape index (κ3) is 6.53. The molecule has 1 aromatic heterocycles. The summed E-state index contributed by atoms with van der Waals surface area (Å²) in [5.41, 5.74) is 3.73. The molecule has 0 bridgehead atoms. The van der Waals surface area contributed by atoms with E-state index in [2.05, 4.69) is 15.7 Å². The van der Waals surface area contributed by atoms with Crippen molar-refractivity contribution in [3.05, 3.63) is 131 Å². The lowest BCUT2D eigenvalue weighted by Gasteiger charge is -2.10. The van der Waals surface area contributed by atoms with E-state index in [0.29, 0.717) is 25.2 Å². The van der Waals surface area contributed by atoms with Crippen LogP contribution in [0.4, 0.5) is 0 Å². The number of nitrogens with one attached hydrogen (secondary N) is 2. The average Bonchev–Trinajstić information content (AvgIpc) is 3.33. The zero-order valence-electron chi connectivity index (χ0n) is 18.7. The Morgan fingerprint density at radius 2 is 1.18 bits per heavy atom. The normalized spacial score (nSPS) is 10.4. The lowest BCUT2D eigenvalue weighted by atomic mass is 10.1. The van der Waals surface area contributed by atoms with Crippen molar-refractivity contribution in [3.8, 4) is 0 Å². The van der Waals surface area contributed by atoms with Crippen LogP contribution in [0.25, 0.3) is 6.08 Å². The van der Waals surface area contributed by atoms with E-state index in [4.69, 9.17) is 0 Å². The van der Waals surface area contributed by atoms with Gasteiger partial charge < -0.3 is 10.6 Å². The van der Waals surface area contributed by atoms with Crippen LogP contribution in [0.1, 0.15) is 22.3 Å². The molecule has 0 radical (unpaired) electrons. The van der Waals surface area contributed by atoms with Crippen molar-refractivity contribution < 1.29 is 9.59 Å². The quantitative estimate of drug-likeness (QED) is 0.230. The maximum atomic E-state index is 13.0. The summed E-state index contributed by atoms with van der Waals surface area (Å²) in [5.74, 6) is -0.879. The van der Waals surface area contributed by atoms with Crippen LogP contribution in [0.3, 0.4) is 0 Å². The predicted molar refractivity (Wildman–Crippen MR) is 132 cm³/mol. The molecule has 2 N–H and O–H groups in total. The highest BCUT2D eigenvalue weighted by molar-refractivity contribution is 6.21. The fourth-order valence-electron chi connectivity index (χ4n) is 3.46. The summed E-state index contributed by atoms with van der Waals surface area (Å²) < 4.78 is 1.78. The van der Waals surface area contributed by atoms with Crippen LogP contribution >= 0.6 is 0 Å². The maximum Gasteiger partial charge on any atom is 0.257 e. The van der Waals surface area contributed by atoms with Crippen LogP contribution in [-0.4, -0.2) is 21.6 Å². The Kier molecular flexibility index (Phi) is 7.64. The SMILES string of the molecule is O=C(NCc1ccccc1)C(=Cc1cnn(Cc2ccccc2)c1)C(=O)NCc1ccccc1. The summed E-state index contributed by atoms with van der Waals surface area (Å²) in [4.78, 5) is 26.0. The molecule has 0 saturated carbocycles. The number of aromatic nitrogens is 2. The van der Waals surface area contributed by atoms with Crippen LogP contribution < -0.4 is 10.6 Å². The summed E-state index contributed by atoms with van der Waals surface area (Å²) in [6.45, 7) is 1.26. The minimum Gasteiger partial charge on any atom is -0.348 e. The third-order valence-corrected chi connectivity index (χ3v) is 5.23. The van der Waals surface area contributed by atoms with Gasteiger partial charge in [0.1, 0.15) is 5.57 Å². The molecule has 3 aromatic carbocycles. The van der Waals surface area contributed by atoms with Crippen LogP contribution in [0.2, 0.25) is 0 Å². The molecule has 0 spiro atoms. The van der Waals surface area contributed by atoms with E-state index in [-0.39, 0.29) is 5.57 Å². The summed E-state index contributed by atoms with van der Waals surface area (Å²) >= 11 is 0. The van der Waals surface area contributed by atoms with Gasteiger partial charge >= 0.3 is 0 Å². The van der Waals surface area contributed by atoms with Gasteiger partial charge in [0.05, 0.1) is 12.7 Å². The lowest BCUT2D eigenvalue weighted by molar-refractivity contribution is -0.123. The van der Waals surface area contributed by atoms with Gasteiger partial charge in [0.2, 0.25) is 0 Å². The first kappa shape index (κ1) is 22.7. The summed E-state index contributed by atoms with van der Waals surface area (Å²) in [7, 11) is 0. The number of hydrogen-bond acceptors (Lipinski definition) is 3. The summed E-state index contributed by atoms with van der Waals surface area (Å²) in [6, 6.07) is 29.1. The van der Waals surface area contributed by atoms with E-state index < -0.39 is 11.8 Å². The van der Waals surface area contributed by atoms with E-state index in [1.54, 1.807) is 17.0 Å². The first-order chi connectivity index (χ1) is 16.7. The smallest absolute Gasteiger partial charge is 0.257 e. The molecular formula is C28H26N4O2. The Balaban J connectivity index is 1.50. The van der Waals surface area contributed by atoms with Crippen molar-refractivity contribution in [3.63, 3.8) is 0 Å². The van der Waals surface area contributed by atoms with Gasteiger partial charge in [-0.05, 0) is 22.8 Å². The first-order valence-corrected chi connectivity index (χ1v) is 11.1. The molecule has 4 aromatic rings. The number of benzene rings is 3. The second kappa shape index (κ2) is 11.4. The van der Waals surface area contributed by atoms with Crippen molar-refractivity contribution >= 4 is 17.9 Å². The fraction of sp³-hybridized carbons (Fsp3) is 0.107. The molecule has 170 valence electrons. The Hall–Kier alpha value is -4.45. The highest BCUT2D eigenvalue weighted by Gasteiger charge is 2.18. The number of hydrogen-bond donors (Lipinski definition) is 2. The molecule has 0 unspecified atom stereocenters. The molecule has 0 fully saturated rings. The van der Waals surface area contributed by atoms with Crippen LogP contribution in [-0.2, 0) is 29.2 Å². The number of carbonyl (C=O) groups excluding carboxylic acids is 2. The molecule has 0 aliphatic carbocycles. The molecule has 0 saturated heterocycles. The van der Waals surface area contributed by atoms with Crippen molar-refractivity contribution in [1.29, 1.82) is 0 Å². The van der Waals surface area contributed by atoms with Crippen molar-refractivity contribution in [2.75, 3.05) is 0 Å². The van der Waals surface area contributed by atoms with E-state index in [9.17, 15) is 9.59 Å².